The lowest BCUT2D eigenvalue weighted by molar-refractivity contribution is -0.119. The summed E-state index contributed by atoms with van der Waals surface area (Å²) in [6, 6.07) is 0. The van der Waals surface area contributed by atoms with Crippen LogP contribution in [0.1, 0.15) is 70.6 Å². The van der Waals surface area contributed by atoms with E-state index in [0.717, 1.165) is 54.7 Å². The highest BCUT2D eigenvalue weighted by Crippen LogP contribution is 2.43. The number of hydrogen-bond donors (Lipinski definition) is 0. The van der Waals surface area contributed by atoms with Crippen molar-refractivity contribution in [1.29, 1.82) is 0 Å². The van der Waals surface area contributed by atoms with Crippen LogP contribution < -0.4 is 4.74 Å². The van der Waals surface area contributed by atoms with Crippen molar-refractivity contribution in [1.82, 2.24) is 9.97 Å². The molecular weight excluding hydrogens is 340 g/mol. The van der Waals surface area contributed by atoms with Crippen molar-refractivity contribution in [2.75, 3.05) is 6.61 Å². The van der Waals surface area contributed by atoms with Crippen LogP contribution in [0.2, 0.25) is 0 Å². The van der Waals surface area contributed by atoms with Crippen LogP contribution in [-0.2, 0) is 16.0 Å². The molecule has 1 aliphatic heterocycles. The molecule has 1 atom stereocenters. The van der Waals surface area contributed by atoms with Gasteiger partial charge in [-0.05, 0) is 62.0 Å². The van der Waals surface area contributed by atoms with Gasteiger partial charge in [-0.25, -0.2) is 9.97 Å². The van der Waals surface area contributed by atoms with Gasteiger partial charge >= 0.3 is 0 Å². The highest BCUT2D eigenvalue weighted by atomic mass is 16.5. The van der Waals surface area contributed by atoms with Crippen LogP contribution in [0, 0.1) is 11.8 Å². The lowest BCUT2D eigenvalue weighted by atomic mass is 9.80. The van der Waals surface area contributed by atoms with E-state index in [1.807, 2.05) is 0 Å². The van der Waals surface area contributed by atoms with E-state index in [1.165, 1.54) is 24.0 Å². The van der Waals surface area contributed by atoms with Crippen molar-refractivity contribution in [3.05, 3.63) is 23.2 Å². The summed E-state index contributed by atoms with van der Waals surface area (Å²) < 4.78 is 12.3. The van der Waals surface area contributed by atoms with Gasteiger partial charge in [-0.1, -0.05) is 13.8 Å². The largest absolute Gasteiger partial charge is 0.474 e. The van der Waals surface area contributed by atoms with Gasteiger partial charge in [-0.3, -0.25) is 4.79 Å². The average molecular weight is 370 g/mol. The molecule has 3 aliphatic rings. The van der Waals surface area contributed by atoms with Crippen molar-refractivity contribution in [2.24, 2.45) is 11.8 Å². The number of fused-ring (bicyclic) bond motifs is 2. The lowest BCUT2D eigenvalue weighted by Crippen LogP contribution is -2.27. The monoisotopic (exact) mass is 370 g/mol. The summed E-state index contributed by atoms with van der Waals surface area (Å²) in [5.41, 5.74) is 4.66. The highest BCUT2D eigenvalue weighted by molar-refractivity contribution is 5.81. The second-order valence-corrected chi connectivity index (χ2v) is 8.70. The molecule has 4 rings (SSSR count). The molecule has 0 spiro atoms. The molecule has 5 nitrogen and oxygen atoms in total. The first-order valence-electron chi connectivity index (χ1n) is 10.3. The summed E-state index contributed by atoms with van der Waals surface area (Å²) in [7, 11) is 0. The third-order valence-corrected chi connectivity index (χ3v) is 6.38. The molecule has 0 saturated heterocycles. The predicted octanol–water partition coefficient (Wildman–Crippen LogP) is 4.15. The van der Waals surface area contributed by atoms with Gasteiger partial charge in [-0.2, -0.15) is 0 Å². The molecule has 0 N–H and O–H groups in total. The van der Waals surface area contributed by atoms with Crippen molar-refractivity contribution in [3.8, 4) is 5.88 Å². The minimum atomic E-state index is -0.0401. The molecule has 1 unspecified atom stereocenters. The zero-order valence-corrected chi connectivity index (χ0v) is 16.7. The van der Waals surface area contributed by atoms with Crippen molar-refractivity contribution in [3.63, 3.8) is 0 Å². The van der Waals surface area contributed by atoms with Crippen LogP contribution in [0.4, 0.5) is 0 Å². The van der Waals surface area contributed by atoms with Gasteiger partial charge < -0.3 is 9.47 Å². The number of ether oxygens (including phenoxy) is 2. The fraction of sp³-hybridized carbons (Fsp3) is 0.682. The van der Waals surface area contributed by atoms with Crippen LogP contribution in [0.5, 0.6) is 5.88 Å². The van der Waals surface area contributed by atoms with Crippen molar-refractivity contribution in [2.45, 2.75) is 77.9 Å². The fourth-order valence-electron chi connectivity index (χ4n) is 4.79. The predicted molar refractivity (Wildman–Crippen MR) is 104 cm³/mol. The minimum absolute atomic E-state index is 0.0401. The maximum Gasteiger partial charge on any atom is 0.224 e. The molecule has 27 heavy (non-hydrogen) atoms. The molecule has 5 heteroatoms. The number of ketones is 1. The first-order chi connectivity index (χ1) is 13.0. The molecule has 0 aromatic carbocycles. The maximum absolute atomic E-state index is 11.5. The Morgan fingerprint density at radius 2 is 2.04 bits per heavy atom. The Bertz CT molecular complexity index is 748. The third-order valence-electron chi connectivity index (χ3n) is 6.38. The SMILES string of the molecule is CC(=O)CC1CC2=C(CO1)Cc1ncnc(O[C@H]3CC[C@H](C(C)C)CC3)c12. The number of carbonyl (C=O) groups excluding carboxylic acids is 1. The Morgan fingerprint density at radius 1 is 1.26 bits per heavy atom. The van der Waals surface area contributed by atoms with Gasteiger partial charge in [-0.15, -0.1) is 0 Å². The second-order valence-electron chi connectivity index (χ2n) is 8.70. The van der Waals surface area contributed by atoms with E-state index < -0.39 is 0 Å². The molecule has 0 amide bonds. The Balaban J connectivity index is 1.50. The summed E-state index contributed by atoms with van der Waals surface area (Å²) in [5.74, 6) is 2.48. The van der Waals surface area contributed by atoms with E-state index in [9.17, 15) is 4.79 Å². The number of rotatable bonds is 5. The summed E-state index contributed by atoms with van der Waals surface area (Å²) in [4.78, 5) is 20.5. The Kier molecular flexibility index (Phi) is 5.31. The number of Topliss-reactive ketones (excluding diaryl/α,β-unsaturated/α-hetero) is 1. The number of nitrogens with zero attached hydrogens (tertiary/aromatic N) is 2. The Morgan fingerprint density at radius 3 is 2.74 bits per heavy atom. The van der Waals surface area contributed by atoms with E-state index >= 15 is 0 Å². The Hall–Kier alpha value is -1.75. The fourth-order valence-corrected chi connectivity index (χ4v) is 4.79. The van der Waals surface area contributed by atoms with Gasteiger partial charge in [0.05, 0.1) is 24.0 Å². The number of aromatic nitrogens is 2. The highest BCUT2D eigenvalue weighted by Gasteiger charge is 2.34. The Labute approximate surface area is 161 Å². The van der Waals surface area contributed by atoms with Gasteiger partial charge in [0.1, 0.15) is 18.2 Å². The van der Waals surface area contributed by atoms with Crippen LogP contribution in [0.15, 0.2) is 11.9 Å². The molecule has 1 aromatic rings. The quantitative estimate of drug-likeness (QED) is 0.779. The van der Waals surface area contributed by atoms with Gasteiger partial charge in [0, 0.05) is 12.8 Å². The lowest BCUT2D eigenvalue weighted by Gasteiger charge is -2.31. The smallest absolute Gasteiger partial charge is 0.224 e. The van der Waals surface area contributed by atoms with Crippen LogP contribution in [-0.4, -0.2) is 34.6 Å². The number of hydrogen-bond acceptors (Lipinski definition) is 5. The molecule has 1 aromatic heterocycles. The average Bonchev–Trinajstić information content (AvgIpc) is 3.00. The number of carbonyl (C=O) groups is 1. The normalized spacial score (nSPS) is 27.5. The van der Waals surface area contributed by atoms with Crippen molar-refractivity contribution < 1.29 is 14.3 Å². The molecule has 1 fully saturated rings. The first kappa shape index (κ1) is 18.6. The molecule has 2 aliphatic carbocycles. The molecule has 146 valence electrons. The molecule has 1 saturated carbocycles. The molecular formula is C22H30N2O3. The van der Waals surface area contributed by atoms with Crippen LogP contribution in [0.3, 0.4) is 0 Å². The van der Waals surface area contributed by atoms with Crippen LogP contribution >= 0.6 is 0 Å². The summed E-state index contributed by atoms with van der Waals surface area (Å²) >= 11 is 0. The van der Waals surface area contributed by atoms with Gasteiger partial charge in [0.15, 0.2) is 0 Å². The molecule has 2 heterocycles. The van der Waals surface area contributed by atoms with E-state index in [4.69, 9.17) is 9.47 Å². The first-order valence-corrected chi connectivity index (χ1v) is 10.3. The zero-order chi connectivity index (χ0) is 19.0. The summed E-state index contributed by atoms with van der Waals surface area (Å²) in [6.45, 7) is 6.85. The molecule has 0 bridgehead atoms. The molecule has 0 radical (unpaired) electrons. The standard InChI is InChI=1S/C22H30N2O3/c1-13(2)15-4-6-17(7-5-15)27-22-21-19-10-18(8-14(3)25)26-11-16(19)9-20(21)23-12-24-22/h12-13,15,17-18H,4-11H2,1-3H3/t15-,17-,18?. The van der Waals surface area contributed by atoms with Crippen molar-refractivity contribution >= 4 is 11.4 Å². The van der Waals surface area contributed by atoms with E-state index in [2.05, 4.69) is 23.8 Å². The minimum Gasteiger partial charge on any atom is -0.474 e. The van der Waals surface area contributed by atoms with Gasteiger partial charge in [0.25, 0.3) is 0 Å². The van der Waals surface area contributed by atoms with Crippen LogP contribution in [0.25, 0.3) is 5.57 Å². The van der Waals surface area contributed by atoms with Gasteiger partial charge in [0.2, 0.25) is 5.88 Å². The third kappa shape index (κ3) is 3.93. The maximum atomic E-state index is 11.5. The summed E-state index contributed by atoms with van der Waals surface area (Å²) in [6.07, 6.45) is 8.54. The topological polar surface area (TPSA) is 61.3 Å². The van der Waals surface area contributed by atoms with E-state index in [0.29, 0.717) is 13.0 Å². The van der Waals surface area contributed by atoms with E-state index in [1.54, 1.807) is 13.3 Å². The van der Waals surface area contributed by atoms with E-state index in [-0.39, 0.29) is 18.0 Å². The summed E-state index contributed by atoms with van der Waals surface area (Å²) in [5, 5.41) is 0. The second kappa shape index (κ2) is 7.70. The zero-order valence-electron chi connectivity index (χ0n) is 16.7.